The second-order valence-corrected chi connectivity index (χ2v) is 6.01. The maximum Gasteiger partial charge on any atom is 0.235 e. The standard InChI is InChI=1S/C13H16N4OS/c1-10(12(18)16-7-4-5-8-16)19-13-15-14-11-6-2-3-9-17(11)13/h2-3,6,9-10H,4-5,7-8H2,1H3/t10-/m1/s1. The predicted molar refractivity (Wildman–Crippen MR) is 74.1 cm³/mol. The molecule has 0 radical (unpaired) electrons. The van der Waals surface area contributed by atoms with Crippen molar-refractivity contribution < 1.29 is 4.79 Å². The number of fused-ring (bicyclic) bond motifs is 1. The zero-order valence-corrected chi connectivity index (χ0v) is 11.6. The summed E-state index contributed by atoms with van der Waals surface area (Å²) in [6.07, 6.45) is 4.17. The van der Waals surface area contributed by atoms with E-state index in [0.717, 1.165) is 36.7 Å². The van der Waals surface area contributed by atoms with Crippen molar-refractivity contribution in [1.29, 1.82) is 0 Å². The molecule has 2 aromatic heterocycles. The molecule has 3 rings (SSSR count). The van der Waals surface area contributed by atoms with Crippen LogP contribution in [0.15, 0.2) is 29.6 Å². The Morgan fingerprint density at radius 3 is 2.89 bits per heavy atom. The van der Waals surface area contributed by atoms with Crippen molar-refractivity contribution in [2.75, 3.05) is 13.1 Å². The van der Waals surface area contributed by atoms with Gasteiger partial charge in [0, 0.05) is 19.3 Å². The minimum absolute atomic E-state index is 0.120. The van der Waals surface area contributed by atoms with Gasteiger partial charge in [0.1, 0.15) is 0 Å². The Hall–Kier alpha value is -1.56. The van der Waals surface area contributed by atoms with Gasteiger partial charge in [0.15, 0.2) is 10.8 Å². The normalized spacial score (nSPS) is 17.0. The van der Waals surface area contributed by atoms with Crippen LogP contribution in [0, 0.1) is 0 Å². The van der Waals surface area contributed by atoms with Gasteiger partial charge in [-0.2, -0.15) is 0 Å². The van der Waals surface area contributed by atoms with E-state index in [-0.39, 0.29) is 11.2 Å². The Balaban J connectivity index is 1.75. The summed E-state index contributed by atoms with van der Waals surface area (Å²) in [6, 6.07) is 5.77. The topological polar surface area (TPSA) is 50.5 Å². The summed E-state index contributed by atoms with van der Waals surface area (Å²) in [5.41, 5.74) is 0.811. The van der Waals surface area contributed by atoms with E-state index in [1.165, 1.54) is 11.8 Å². The molecule has 1 aliphatic rings. The van der Waals surface area contributed by atoms with Crippen LogP contribution < -0.4 is 0 Å². The highest BCUT2D eigenvalue weighted by molar-refractivity contribution is 8.00. The number of carbonyl (C=O) groups excluding carboxylic acids is 1. The lowest BCUT2D eigenvalue weighted by atomic mass is 10.4. The summed E-state index contributed by atoms with van der Waals surface area (Å²) in [7, 11) is 0. The zero-order valence-electron chi connectivity index (χ0n) is 10.8. The fraction of sp³-hybridized carbons (Fsp3) is 0.462. The molecule has 5 nitrogen and oxygen atoms in total. The molecule has 0 saturated carbocycles. The summed E-state index contributed by atoms with van der Waals surface area (Å²) in [5, 5.41) is 8.90. The van der Waals surface area contributed by atoms with Crippen molar-refractivity contribution in [1.82, 2.24) is 19.5 Å². The largest absolute Gasteiger partial charge is 0.342 e. The number of likely N-dealkylation sites (tertiary alicyclic amines) is 1. The molecule has 1 saturated heterocycles. The predicted octanol–water partition coefficient (Wildman–Crippen LogP) is 1.83. The Kier molecular flexibility index (Phi) is 3.42. The molecule has 19 heavy (non-hydrogen) atoms. The summed E-state index contributed by atoms with van der Waals surface area (Å²) < 4.78 is 1.92. The third kappa shape index (κ3) is 2.45. The molecule has 1 atom stereocenters. The van der Waals surface area contributed by atoms with Crippen LogP contribution >= 0.6 is 11.8 Å². The molecule has 1 fully saturated rings. The lowest BCUT2D eigenvalue weighted by Gasteiger charge is -2.19. The monoisotopic (exact) mass is 276 g/mol. The van der Waals surface area contributed by atoms with Gasteiger partial charge in [-0.05, 0) is 31.9 Å². The van der Waals surface area contributed by atoms with Crippen LogP contribution in [-0.2, 0) is 4.79 Å². The SMILES string of the molecule is C[C@@H](Sc1nnc2ccccn12)C(=O)N1CCCC1. The number of hydrogen-bond acceptors (Lipinski definition) is 4. The van der Waals surface area contributed by atoms with Crippen molar-refractivity contribution >= 4 is 23.3 Å². The van der Waals surface area contributed by atoms with Gasteiger partial charge in [0.05, 0.1) is 5.25 Å². The van der Waals surface area contributed by atoms with E-state index >= 15 is 0 Å². The van der Waals surface area contributed by atoms with Crippen LogP contribution in [0.1, 0.15) is 19.8 Å². The van der Waals surface area contributed by atoms with E-state index in [9.17, 15) is 4.79 Å². The Labute approximate surface area is 116 Å². The fourth-order valence-corrected chi connectivity index (χ4v) is 3.23. The smallest absolute Gasteiger partial charge is 0.235 e. The van der Waals surface area contributed by atoms with Crippen LogP contribution in [0.2, 0.25) is 0 Å². The molecular weight excluding hydrogens is 260 g/mol. The fourth-order valence-electron chi connectivity index (χ4n) is 2.30. The molecule has 0 N–H and O–H groups in total. The van der Waals surface area contributed by atoms with Crippen molar-refractivity contribution in [3.63, 3.8) is 0 Å². The van der Waals surface area contributed by atoms with E-state index < -0.39 is 0 Å². The molecule has 0 aromatic carbocycles. The van der Waals surface area contributed by atoms with Crippen LogP contribution in [0.5, 0.6) is 0 Å². The Morgan fingerprint density at radius 1 is 1.32 bits per heavy atom. The summed E-state index contributed by atoms with van der Waals surface area (Å²) in [5.74, 6) is 0.204. The quantitative estimate of drug-likeness (QED) is 0.803. The number of amides is 1. The lowest BCUT2D eigenvalue weighted by molar-refractivity contribution is -0.129. The van der Waals surface area contributed by atoms with Gasteiger partial charge in [0.2, 0.25) is 5.91 Å². The third-order valence-electron chi connectivity index (χ3n) is 3.33. The molecule has 0 spiro atoms. The molecule has 100 valence electrons. The zero-order chi connectivity index (χ0) is 13.2. The molecule has 2 aromatic rings. The van der Waals surface area contributed by atoms with Gasteiger partial charge in [-0.25, -0.2) is 0 Å². The summed E-state index contributed by atoms with van der Waals surface area (Å²) in [4.78, 5) is 14.2. The van der Waals surface area contributed by atoms with Gasteiger partial charge in [0.25, 0.3) is 0 Å². The van der Waals surface area contributed by atoms with Crippen molar-refractivity contribution in [2.45, 2.75) is 30.2 Å². The van der Waals surface area contributed by atoms with Crippen molar-refractivity contribution in [3.05, 3.63) is 24.4 Å². The minimum Gasteiger partial charge on any atom is -0.342 e. The van der Waals surface area contributed by atoms with Crippen molar-refractivity contribution in [3.8, 4) is 0 Å². The molecule has 1 aliphatic heterocycles. The van der Waals surface area contributed by atoms with Crippen molar-refractivity contribution in [2.24, 2.45) is 0 Å². The van der Waals surface area contributed by atoms with Crippen LogP contribution in [-0.4, -0.2) is 43.7 Å². The molecule has 6 heteroatoms. The molecule has 3 heterocycles. The van der Waals surface area contributed by atoms with Gasteiger partial charge in [-0.3, -0.25) is 9.20 Å². The van der Waals surface area contributed by atoms with Crippen LogP contribution in [0.3, 0.4) is 0 Å². The van der Waals surface area contributed by atoms with E-state index in [0.29, 0.717) is 0 Å². The van der Waals surface area contributed by atoms with Crippen LogP contribution in [0.4, 0.5) is 0 Å². The second kappa shape index (κ2) is 5.21. The van der Waals surface area contributed by atoms with Crippen LogP contribution in [0.25, 0.3) is 5.65 Å². The second-order valence-electron chi connectivity index (χ2n) is 4.70. The number of aromatic nitrogens is 3. The van der Waals surface area contributed by atoms with E-state index in [1.54, 1.807) is 0 Å². The average Bonchev–Trinajstić information content (AvgIpc) is 3.08. The first-order valence-corrected chi connectivity index (χ1v) is 7.39. The first kappa shape index (κ1) is 12.5. The van der Waals surface area contributed by atoms with Gasteiger partial charge >= 0.3 is 0 Å². The number of pyridine rings is 1. The molecule has 0 aliphatic carbocycles. The highest BCUT2D eigenvalue weighted by Gasteiger charge is 2.25. The average molecular weight is 276 g/mol. The van der Waals surface area contributed by atoms with Gasteiger partial charge in [-0.15, -0.1) is 10.2 Å². The van der Waals surface area contributed by atoms with E-state index in [1.807, 2.05) is 40.6 Å². The lowest BCUT2D eigenvalue weighted by Crippen LogP contribution is -2.34. The maximum absolute atomic E-state index is 12.3. The highest BCUT2D eigenvalue weighted by atomic mass is 32.2. The summed E-state index contributed by atoms with van der Waals surface area (Å²) >= 11 is 1.47. The van der Waals surface area contributed by atoms with Gasteiger partial charge < -0.3 is 4.90 Å². The molecule has 0 unspecified atom stereocenters. The molecule has 0 bridgehead atoms. The Morgan fingerprint density at radius 2 is 2.11 bits per heavy atom. The first-order valence-electron chi connectivity index (χ1n) is 6.51. The Bertz CT molecular complexity index is 591. The van der Waals surface area contributed by atoms with E-state index in [4.69, 9.17) is 0 Å². The van der Waals surface area contributed by atoms with E-state index in [2.05, 4.69) is 10.2 Å². The number of thioether (sulfide) groups is 1. The molecular formula is C13H16N4OS. The first-order chi connectivity index (χ1) is 9.25. The third-order valence-corrected chi connectivity index (χ3v) is 4.37. The number of nitrogens with zero attached hydrogens (tertiary/aromatic N) is 4. The van der Waals surface area contributed by atoms with Gasteiger partial charge in [-0.1, -0.05) is 17.8 Å². The minimum atomic E-state index is -0.120. The highest BCUT2D eigenvalue weighted by Crippen LogP contribution is 2.24. The summed E-state index contributed by atoms with van der Waals surface area (Å²) in [6.45, 7) is 3.73. The number of carbonyl (C=O) groups is 1. The maximum atomic E-state index is 12.3. The number of rotatable bonds is 3. The molecule has 1 amide bonds. The number of hydrogen-bond donors (Lipinski definition) is 0.